The third-order valence-corrected chi connectivity index (χ3v) is 4.95. The number of carbonyl (C=O) groups is 2. The van der Waals surface area contributed by atoms with E-state index in [0.29, 0.717) is 21.2 Å². The van der Waals surface area contributed by atoms with Gasteiger partial charge in [-0.15, -0.1) is 11.3 Å². The van der Waals surface area contributed by atoms with Gasteiger partial charge in [0.1, 0.15) is 0 Å². The summed E-state index contributed by atoms with van der Waals surface area (Å²) >= 11 is 7.40. The third-order valence-electron chi connectivity index (χ3n) is 3.85. The lowest BCUT2D eigenvalue weighted by molar-refractivity contribution is 0.0725. The maximum Gasteiger partial charge on any atom is 0.265 e. The van der Waals surface area contributed by atoms with Crippen molar-refractivity contribution >= 4 is 40.4 Å². The van der Waals surface area contributed by atoms with Gasteiger partial charge in [0.2, 0.25) is 0 Å². The van der Waals surface area contributed by atoms with E-state index in [4.69, 9.17) is 11.6 Å². The minimum absolute atomic E-state index is 0.0529. The molecule has 3 rings (SSSR count). The summed E-state index contributed by atoms with van der Waals surface area (Å²) in [6.07, 6.45) is 3.21. The number of likely N-dealkylation sites (tertiary alicyclic amines) is 1. The second-order valence-electron chi connectivity index (χ2n) is 5.47. The average Bonchev–Trinajstić information content (AvgIpc) is 3.10. The van der Waals surface area contributed by atoms with E-state index in [2.05, 4.69) is 5.32 Å². The summed E-state index contributed by atoms with van der Waals surface area (Å²) in [5.74, 6) is -0.280. The molecular formula is C17H17ClN2O2S. The van der Waals surface area contributed by atoms with Gasteiger partial charge in [-0.3, -0.25) is 9.59 Å². The Kier molecular flexibility index (Phi) is 4.98. The Morgan fingerprint density at radius 1 is 1.13 bits per heavy atom. The minimum Gasteiger partial charge on any atom is -0.339 e. The van der Waals surface area contributed by atoms with Crippen molar-refractivity contribution in [2.45, 2.75) is 19.3 Å². The van der Waals surface area contributed by atoms with Crippen molar-refractivity contribution in [2.24, 2.45) is 0 Å². The Balaban J connectivity index is 1.85. The molecule has 2 amide bonds. The standard InChI is InChI=1S/C17H17ClN2O2S/c18-12-6-7-13(17(22)20-8-2-1-3-9-20)14(11-12)19-16(21)15-5-4-10-23-15/h4-7,10-11H,1-3,8-9H2,(H,19,21). The molecule has 0 unspecified atom stereocenters. The molecular weight excluding hydrogens is 332 g/mol. The first kappa shape index (κ1) is 16.0. The van der Waals surface area contributed by atoms with E-state index in [-0.39, 0.29) is 11.8 Å². The van der Waals surface area contributed by atoms with Crippen LogP contribution in [0.2, 0.25) is 5.02 Å². The van der Waals surface area contributed by atoms with E-state index >= 15 is 0 Å². The van der Waals surface area contributed by atoms with Crippen molar-refractivity contribution in [1.82, 2.24) is 4.90 Å². The number of benzene rings is 1. The van der Waals surface area contributed by atoms with Crippen LogP contribution in [0.15, 0.2) is 35.7 Å². The van der Waals surface area contributed by atoms with E-state index in [1.165, 1.54) is 11.3 Å². The van der Waals surface area contributed by atoms with Gasteiger partial charge in [0, 0.05) is 18.1 Å². The van der Waals surface area contributed by atoms with Crippen LogP contribution in [0, 0.1) is 0 Å². The summed E-state index contributed by atoms with van der Waals surface area (Å²) in [6, 6.07) is 8.56. The van der Waals surface area contributed by atoms with Crippen molar-refractivity contribution in [3.8, 4) is 0 Å². The minimum atomic E-state index is -0.227. The molecule has 1 saturated heterocycles. The highest BCUT2D eigenvalue weighted by Crippen LogP contribution is 2.25. The number of nitrogens with zero attached hydrogens (tertiary/aromatic N) is 1. The monoisotopic (exact) mass is 348 g/mol. The molecule has 2 heterocycles. The van der Waals surface area contributed by atoms with Crippen molar-refractivity contribution in [3.05, 3.63) is 51.2 Å². The van der Waals surface area contributed by atoms with Crippen LogP contribution in [0.1, 0.15) is 39.3 Å². The first-order valence-corrected chi connectivity index (χ1v) is 8.84. The fourth-order valence-corrected chi connectivity index (χ4v) is 3.46. The first-order valence-electron chi connectivity index (χ1n) is 7.59. The second-order valence-corrected chi connectivity index (χ2v) is 6.86. The van der Waals surface area contributed by atoms with Gasteiger partial charge in [0.25, 0.3) is 11.8 Å². The number of amides is 2. The zero-order valence-electron chi connectivity index (χ0n) is 12.5. The first-order chi connectivity index (χ1) is 11.1. The van der Waals surface area contributed by atoms with Gasteiger partial charge in [-0.1, -0.05) is 17.7 Å². The van der Waals surface area contributed by atoms with Crippen LogP contribution in [-0.2, 0) is 0 Å². The normalized spacial score (nSPS) is 14.6. The molecule has 1 aromatic heterocycles. The Morgan fingerprint density at radius 3 is 2.61 bits per heavy atom. The summed E-state index contributed by atoms with van der Waals surface area (Å²) in [6.45, 7) is 1.53. The summed E-state index contributed by atoms with van der Waals surface area (Å²) in [5, 5.41) is 5.14. The Labute approximate surface area is 144 Å². The summed E-state index contributed by atoms with van der Waals surface area (Å²) in [5.41, 5.74) is 0.952. The highest BCUT2D eigenvalue weighted by Gasteiger charge is 2.22. The number of carbonyl (C=O) groups excluding carboxylic acids is 2. The number of nitrogens with one attached hydrogen (secondary N) is 1. The maximum absolute atomic E-state index is 12.7. The highest BCUT2D eigenvalue weighted by atomic mass is 35.5. The predicted octanol–water partition coefficient (Wildman–Crippen LogP) is 4.28. The second kappa shape index (κ2) is 7.15. The summed E-state index contributed by atoms with van der Waals surface area (Å²) in [4.78, 5) is 27.4. The van der Waals surface area contributed by atoms with E-state index in [0.717, 1.165) is 32.4 Å². The molecule has 1 N–H and O–H groups in total. The van der Waals surface area contributed by atoms with Crippen LogP contribution >= 0.6 is 22.9 Å². The SMILES string of the molecule is O=C(Nc1cc(Cl)ccc1C(=O)N1CCCCC1)c1cccs1. The van der Waals surface area contributed by atoms with Gasteiger partial charge < -0.3 is 10.2 Å². The van der Waals surface area contributed by atoms with Crippen LogP contribution in [-0.4, -0.2) is 29.8 Å². The maximum atomic E-state index is 12.7. The molecule has 1 fully saturated rings. The fourth-order valence-electron chi connectivity index (χ4n) is 2.67. The van der Waals surface area contributed by atoms with Gasteiger partial charge in [-0.2, -0.15) is 0 Å². The number of hydrogen-bond acceptors (Lipinski definition) is 3. The van der Waals surface area contributed by atoms with Crippen molar-refractivity contribution < 1.29 is 9.59 Å². The van der Waals surface area contributed by atoms with Crippen molar-refractivity contribution in [2.75, 3.05) is 18.4 Å². The lowest BCUT2D eigenvalue weighted by atomic mass is 10.1. The molecule has 0 saturated carbocycles. The zero-order valence-corrected chi connectivity index (χ0v) is 14.1. The molecule has 0 radical (unpaired) electrons. The quantitative estimate of drug-likeness (QED) is 0.900. The van der Waals surface area contributed by atoms with Crippen LogP contribution in [0.5, 0.6) is 0 Å². The fraction of sp³-hybridized carbons (Fsp3) is 0.294. The van der Waals surface area contributed by atoms with Gasteiger partial charge in [0.05, 0.1) is 16.1 Å². The van der Waals surface area contributed by atoms with Crippen LogP contribution in [0.25, 0.3) is 0 Å². The number of rotatable bonds is 3. The Bertz CT molecular complexity index is 709. The molecule has 2 aromatic rings. The summed E-state index contributed by atoms with van der Waals surface area (Å²) in [7, 11) is 0. The summed E-state index contributed by atoms with van der Waals surface area (Å²) < 4.78 is 0. The largest absolute Gasteiger partial charge is 0.339 e. The molecule has 1 aromatic carbocycles. The molecule has 0 bridgehead atoms. The number of anilines is 1. The van der Waals surface area contributed by atoms with Crippen molar-refractivity contribution in [3.63, 3.8) is 0 Å². The lowest BCUT2D eigenvalue weighted by Crippen LogP contribution is -2.36. The van der Waals surface area contributed by atoms with E-state index < -0.39 is 0 Å². The topological polar surface area (TPSA) is 49.4 Å². The molecule has 6 heteroatoms. The molecule has 1 aliphatic rings. The van der Waals surface area contributed by atoms with E-state index in [1.54, 1.807) is 24.3 Å². The average molecular weight is 349 g/mol. The molecule has 0 atom stereocenters. The smallest absolute Gasteiger partial charge is 0.265 e. The van der Waals surface area contributed by atoms with Crippen molar-refractivity contribution in [1.29, 1.82) is 0 Å². The molecule has 120 valence electrons. The third kappa shape index (κ3) is 3.74. The molecule has 1 aliphatic heterocycles. The highest BCUT2D eigenvalue weighted by molar-refractivity contribution is 7.12. The van der Waals surface area contributed by atoms with Gasteiger partial charge in [0.15, 0.2) is 0 Å². The van der Waals surface area contributed by atoms with E-state index in [1.807, 2.05) is 16.3 Å². The lowest BCUT2D eigenvalue weighted by Gasteiger charge is -2.27. The predicted molar refractivity (Wildman–Crippen MR) is 93.5 cm³/mol. The molecule has 0 spiro atoms. The zero-order chi connectivity index (χ0) is 16.2. The number of thiophene rings is 1. The molecule has 4 nitrogen and oxygen atoms in total. The van der Waals surface area contributed by atoms with Gasteiger partial charge in [-0.25, -0.2) is 0 Å². The number of hydrogen-bond donors (Lipinski definition) is 1. The van der Waals surface area contributed by atoms with Crippen LogP contribution < -0.4 is 5.32 Å². The van der Waals surface area contributed by atoms with Crippen LogP contribution in [0.4, 0.5) is 5.69 Å². The van der Waals surface area contributed by atoms with Gasteiger partial charge >= 0.3 is 0 Å². The Morgan fingerprint density at radius 2 is 1.91 bits per heavy atom. The van der Waals surface area contributed by atoms with Gasteiger partial charge in [-0.05, 0) is 48.9 Å². The number of piperidine rings is 1. The Hall–Kier alpha value is -1.85. The molecule has 0 aliphatic carbocycles. The van der Waals surface area contributed by atoms with E-state index in [9.17, 15) is 9.59 Å². The number of halogens is 1. The van der Waals surface area contributed by atoms with Crippen LogP contribution in [0.3, 0.4) is 0 Å². The molecule has 23 heavy (non-hydrogen) atoms.